The van der Waals surface area contributed by atoms with Gasteiger partial charge in [-0.3, -0.25) is 0 Å². The number of hydrogen-bond donors (Lipinski definition) is 1. The topological polar surface area (TPSA) is 12.0 Å². The second-order valence-corrected chi connectivity index (χ2v) is 7.46. The molecule has 2 unspecified atom stereocenters. The Bertz CT molecular complexity index is 242. The van der Waals surface area contributed by atoms with Crippen LogP contribution in [0.25, 0.3) is 0 Å². The molecule has 1 heteroatoms. The summed E-state index contributed by atoms with van der Waals surface area (Å²) in [5.74, 6) is 4.13. The lowest BCUT2D eigenvalue weighted by atomic mass is 9.69. The Balaban J connectivity index is 1.87. The first-order valence-corrected chi connectivity index (χ1v) is 9.55. The average Bonchev–Trinajstić information content (AvgIpc) is 2.73. The third kappa shape index (κ3) is 4.76. The number of nitrogens with one attached hydrogen (secondary N) is 1. The van der Waals surface area contributed by atoms with Gasteiger partial charge in [0.1, 0.15) is 0 Å². The molecule has 2 rings (SSSR count). The molecule has 0 aromatic carbocycles. The number of rotatable bonds is 6. The van der Waals surface area contributed by atoms with E-state index in [1.165, 1.54) is 83.7 Å². The third-order valence-corrected chi connectivity index (χ3v) is 6.13. The maximum absolute atomic E-state index is 3.72. The van der Waals surface area contributed by atoms with Crippen molar-refractivity contribution in [2.45, 2.75) is 84.5 Å². The van der Waals surface area contributed by atoms with E-state index in [9.17, 15) is 0 Å². The normalized spacial score (nSPS) is 35.7. The van der Waals surface area contributed by atoms with Crippen molar-refractivity contribution in [3.63, 3.8) is 0 Å². The Morgan fingerprint density at radius 2 is 1.60 bits per heavy atom. The van der Waals surface area contributed by atoms with Crippen molar-refractivity contribution in [1.82, 2.24) is 5.32 Å². The van der Waals surface area contributed by atoms with Crippen LogP contribution in [0.5, 0.6) is 0 Å². The van der Waals surface area contributed by atoms with E-state index in [0.29, 0.717) is 0 Å². The van der Waals surface area contributed by atoms with Crippen molar-refractivity contribution in [3.05, 3.63) is 0 Å². The fraction of sp³-hybridized carbons (Fsp3) is 1.00. The summed E-state index contributed by atoms with van der Waals surface area (Å²) in [5.41, 5.74) is 0. The smallest absolute Gasteiger partial charge is 0.00178 e. The van der Waals surface area contributed by atoms with Crippen molar-refractivity contribution in [2.24, 2.45) is 23.7 Å². The first kappa shape index (κ1) is 16.3. The van der Waals surface area contributed by atoms with Gasteiger partial charge in [0.25, 0.3) is 0 Å². The van der Waals surface area contributed by atoms with Gasteiger partial charge in [0.15, 0.2) is 0 Å². The quantitative estimate of drug-likeness (QED) is 0.507. The lowest BCUT2D eigenvalue weighted by Gasteiger charge is -2.37. The highest BCUT2D eigenvalue weighted by Gasteiger charge is 2.32. The standard InChI is InChI=1S/C19H37N/c1-3-14-20-15-18-8-6-5-7-9-19(18)17-12-10-16(4-2)11-13-17/h16-20H,3-15H2,1-2H3. The van der Waals surface area contributed by atoms with Gasteiger partial charge in [0.05, 0.1) is 0 Å². The second kappa shape index (κ2) is 9.07. The molecule has 0 aromatic rings. The summed E-state index contributed by atoms with van der Waals surface area (Å²) in [6, 6.07) is 0. The predicted molar refractivity (Wildman–Crippen MR) is 89.0 cm³/mol. The van der Waals surface area contributed by atoms with E-state index >= 15 is 0 Å². The zero-order chi connectivity index (χ0) is 14.2. The fourth-order valence-corrected chi connectivity index (χ4v) is 4.78. The van der Waals surface area contributed by atoms with Gasteiger partial charge >= 0.3 is 0 Å². The van der Waals surface area contributed by atoms with E-state index in [4.69, 9.17) is 0 Å². The van der Waals surface area contributed by atoms with Crippen molar-refractivity contribution in [3.8, 4) is 0 Å². The van der Waals surface area contributed by atoms with E-state index in [0.717, 1.165) is 23.7 Å². The lowest BCUT2D eigenvalue weighted by Crippen LogP contribution is -2.33. The summed E-state index contributed by atoms with van der Waals surface area (Å²) < 4.78 is 0. The SMILES string of the molecule is CCCNCC1CCCCCC1C1CCC(CC)CC1. The minimum atomic E-state index is 0.979. The van der Waals surface area contributed by atoms with Crippen molar-refractivity contribution in [1.29, 1.82) is 0 Å². The highest BCUT2D eigenvalue weighted by atomic mass is 14.9. The Morgan fingerprint density at radius 3 is 2.30 bits per heavy atom. The maximum atomic E-state index is 3.72. The molecule has 0 amide bonds. The van der Waals surface area contributed by atoms with Gasteiger partial charge in [0, 0.05) is 0 Å². The van der Waals surface area contributed by atoms with Crippen molar-refractivity contribution < 1.29 is 0 Å². The zero-order valence-electron chi connectivity index (χ0n) is 14.0. The zero-order valence-corrected chi connectivity index (χ0v) is 14.0. The van der Waals surface area contributed by atoms with Crippen LogP contribution in [-0.4, -0.2) is 13.1 Å². The van der Waals surface area contributed by atoms with Gasteiger partial charge in [-0.05, 0) is 68.9 Å². The monoisotopic (exact) mass is 279 g/mol. The third-order valence-electron chi connectivity index (χ3n) is 6.13. The van der Waals surface area contributed by atoms with Gasteiger partial charge in [-0.1, -0.05) is 52.4 Å². The molecular formula is C19H37N. The molecule has 0 aromatic heterocycles. The first-order chi connectivity index (χ1) is 9.85. The van der Waals surface area contributed by atoms with E-state index in [2.05, 4.69) is 19.2 Å². The Morgan fingerprint density at radius 1 is 0.850 bits per heavy atom. The van der Waals surface area contributed by atoms with Crippen LogP contribution in [0.2, 0.25) is 0 Å². The van der Waals surface area contributed by atoms with Crippen LogP contribution in [0.1, 0.15) is 84.5 Å². The molecule has 2 fully saturated rings. The Hall–Kier alpha value is -0.0400. The van der Waals surface area contributed by atoms with E-state index in [1.807, 2.05) is 0 Å². The molecule has 0 saturated heterocycles. The molecule has 20 heavy (non-hydrogen) atoms. The van der Waals surface area contributed by atoms with E-state index < -0.39 is 0 Å². The lowest BCUT2D eigenvalue weighted by molar-refractivity contribution is 0.140. The summed E-state index contributed by atoms with van der Waals surface area (Å²) >= 11 is 0. The average molecular weight is 280 g/mol. The minimum Gasteiger partial charge on any atom is -0.316 e. The van der Waals surface area contributed by atoms with E-state index in [-0.39, 0.29) is 0 Å². The highest BCUT2D eigenvalue weighted by molar-refractivity contribution is 4.84. The van der Waals surface area contributed by atoms with Crippen LogP contribution in [0.15, 0.2) is 0 Å². The van der Waals surface area contributed by atoms with Crippen molar-refractivity contribution >= 4 is 0 Å². The van der Waals surface area contributed by atoms with Crippen LogP contribution in [0, 0.1) is 23.7 Å². The molecule has 1 N–H and O–H groups in total. The van der Waals surface area contributed by atoms with Gasteiger partial charge in [-0.15, -0.1) is 0 Å². The molecule has 2 atom stereocenters. The molecule has 2 saturated carbocycles. The molecule has 0 spiro atoms. The first-order valence-electron chi connectivity index (χ1n) is 9.55. The van der Waals surface area contributed by atoms with Crippen LogP contribution < -0.4 is 5.32 Å². The van der Waals surface area contributed by atoms with Crippen LogP contribution in [0.3, 0.4) is 0 Å². The second-order valence-electron chi connectivity index (χ2n) is 7.46. The van der Waals surface area contributed by atoms with Crippen molar-refractivity contribution in [2.75, 3.05) is 13.1 Å². The predicted octanol–water partition coefficient (Wildman–Crippen LogP) is 5.40. The van der Waals surface area contributed by atoms with Crippen LogP contribution in [0.4, 0.5) is 0 Å². The molecule has 1 nitrogen and oxygen atoms in total. The summed E-state index contributed by atoms with van der Waals surface area (Å²) in [6.45, 7) is 7.18. The fourth-order valence-electron chi connectivity index (χ4n) is 4.78. The summed E-state index contributed by atoms with van der Waals surface area (Å²) in [7, 11) is 0. The number of hydrogen-bond acceptors (Lipinski definition) is 1. The summed E-state index contributed by atoms with van der Waals surface area (Å²) in [4.78, 5) is 0. The highest BCUT2D eigenvalue weighted by Crippen LogP contribution is 2.42. The molecule has 118 valence electrons. The summed E-state index contributed by atoms with van der Waals surface area (Å²) in [6.07, 6.45) is 16.3. The van der Waals surface area contributed by atoms with Gasteiger partial charge in [-0.2, -0.15) is 0 Å². The summed E-state index contributed by atoms with van der Waals surface area (Å²) in [5, 5.41) is 3.72. The molecule has 2 aliphatic carbocycles. The van der Waals surface area contributed by atoms with Gasteiger partial charge < -0.3 is 5.32 Å². The molecule has 0 heterocycles. The van der Waals surface area contributed by atoms with Crippen LogP contribution >= 0.6 is 0 Å². The molecule has 0 radical (unpaired) electrons. The van der Waals surface area contributed by atoms with E-state index in [1.54, 1.807) is 0 Å². The van der Waals surface area contributed by atoms with Gasteiger partial charge in [0.2, 0.25) is 0 Å². The van der Waals surface area contributed by atoms with Crippen LogP contribution in [-0.2, 0) is 0 Å². The Kier molecular flexibility index (Phi) is 7.41. The maximum Gasteiger partial charge on any atom is -0.00178 e. The molecule has 0 bridgehead atoms. The minimum absolute atomic E-state index is 0.979. The largest absolute Gasteiger partial charge is 0.316 e. The van der Waals surface area contributed by atoms with Gasteiger partial charge in [-0.25, -0.2) is 0 Å². The molecule has 2 aliphatic rings. The molecular weight excluding hydrogens is 242 g/mol. The molecule has 0 aliphatic heterocycles. The Labute approximate surface area is 127 Å².